The van der Waals surface area contributed by atoms with E-state index in [0.717, 1.165) is 6.42 Å². The molecule has 1 aliphatic carbocycles. The number of nitrogens with two attached hydrogens (primary N) is 1. The molecule has 0 bridgehead atoms. The van der Waals surface area contributed by atoms with Crippen LogP contribution in [0.4, 0.5) is 0 Å². The van der Waals surface area contributed by atoms with E-state index in [1.807, 2.05) is 0 Å². The lowest BCUT2D eigenvalue weighted by Gasteiger charge is -2.41. The Morgan fingerprint density at radius 1 is 1.29 bits per heavy atom. The summed E-state index contributed by atoms with van der Waals surface area (Å²) in [7, 11) is 0. The fourth-order valence-corrected chi connectivity index (χ4v) is 2.65. The molecule has 0 saturated heterocycles. The minimum absolute atomic E-state index is 0. The van der Waals surface area contributed by atoms with Crippen molar-refractivity contribution in [3.8, 4) is 0 Å². The number of carbonyl (C=O) groups is 1. The van der Waals surface area contributed by atoms with Gasteiger partial charge in [0, 0.05) is 6.04 Å². The van der Waals surface area contributed by atoms with Gasteiger partial charge in [-0.3, -0.25) is 4.79 Å². The van der Waals surface area contributed by atoms with Gasteiger partial charge in [0.2, 0.25) is 5.91 Å². The number of rotatable bonds is 2. The molecule has 0 aromatic carbocycles. The van der Waals surface area contributed by atoms with Crippen LogP contribution >= 0.6 is 12.4 Å². The van der Waals surface area contributed by atoms with E-state index >= 15 is 0 Å². The average Bonchev–Trinajstić information content (AvgIpc) is 2.16. The zero-order valence-electron chi connectivity index (χ0n) is 11.5. The van der Waals surface area contributed by atoms with Gasteiger partial charge in [-0.1, -0.05) is 33.6 Å². The lowest BCUT2D eigenvalue weighted by molar-refractivity contribution is -0.123. The zero-order chi connectivity index (χ0) is 12.3. The summed E-state index contributed by atoms with van der Waals surface area (Å²) in [5.41, 5.74) is 5.86. The molecule has 1 aliphatic rings. The van der Waals surface area contributed by atoms with Gasteiger partial charge in [-0.2, -0.15) is 0 Å². The first-order valence-corrected chi connectivity index (χ1v) is 6.38. The van der Waals surface area contributed by atoms with Gasteiger partial charge >= 0.3 is 0 Å². The summed E-state index contributed by atoms with van der Waals surface area (Å²) in [6.45, 7) is 8.51. The number of carbonyl (C=O) groups excluding carboxylic acids is 1. The molecule has 0 aromatic heterocycles. The zero-order valence-corrected chi connectivity index (χ0v) is 12.3. The van der Waals surface area contributed by atoms with Crippen LogP contribution in [-0.4, -0.2) is 18.0 Å². The molecule has 1 rings (SSSR count). The van der Waals surface area contributed by atoms with Gasteiger partial charge in [0.05, 0.1) is 6.04 Å². The molecule has 4 heteroatoms. The standard InChI is InChI=1S/C13H26N2O.ClH/c1-9(14)12(16)15-11-8-6-5-7-10(11)13(2,3)4;/h9-11H,5-8,14H2,1-4H3,(H,15,16);1H/t9-,10?,11?;/m1./s1. The van der Waals surface area contributed by atoms with E-state index < -0.39 is 6.04 Å². The molecule has 3 N–H and O–H groups in total. The third-order valence-electron chi connectivity index (χ3n) is 3.62. The van der Waals surface area contributed by atoms with E-state index in [1.165, 1.54) is 19.3 Å². The number of hydrogen-bond acceptors (Lipinski definition) is 2. The predicted octanol–water partition coefficient (Wildman–Crippen LogP) is 2.48. The van der Waals surface area contributed by atoms with Gasteiger partial charge < -0.3 is 11.1 Å². The summed E-state index contributed by atoms with van der Waals surface area (Å²) in [5.74, 6) is 0.560. The molecule has 0 heterocycles. The predicted molar refractivity (Wildman–Crippen MR) is 74.2 cm³/mol. The molecule has 3 atom stereocenters. The van der Waals surface area contributed by atoms with Gasteiger partial charge in [-0.05, 0) is 31.1 Å². The van der Waals surface area contributed by atoms with Crippen molar-refractivity contribution in [3.63, 3.8) is 0 Å². The van der Waals surface area contributed by atoms with E-state index in [9.17, 15) is 4.79 Å². The normalized spacial score (nSPS) is 26.9. The molecule has 0 aromatic rings. The van der Waals surface area contributed by atoms with E-state index in [2.05, 4.69) is 26.1 Å². The lowest BCUT2D eigenvalue weighted by Crippen LogP contribution is -2.50. The van der Waals surface area contributed by atoms with Crippen molar-refractivity contribution in [2.24, 2.45) is 17.1 Å². The third kappa shape index (κ3) is 4.84. The van der Waals surface area contributed by atoms with Crippen molar-refractivity contribution in [1.82, 2.24) is 5.32 Å². The maximum absolute atomic E-state index is 11.6. The first-order valence-electron chi connectivity index (χ1n) is 6.38. The van der Waals surface area contributed by atoms with E-state index in [-0.39, 0.29) is 23.7 Å². The minimum Gasteiger partial charge on any atom is -0.352 e. The van der Waals surface area contributed by atoms with Crippen LogP contribution in [0.15, 0.2) is 0 Å². The third-order valence-corrected chi connectivity index (χ3v) is 3.62. The topological polar surface area (TPSA) is 55.1 Å². The van der Waals surface area contributed by atoms with Crippen LogP contribution in [0.3, 0.4) is 0 Å². The molecular formula is C13H27ClN2O. The number of halogens is 1. The molecule has 1 fully saturated rings. The van der Waals surface area contributed by atoms with Crippen molar-refractivity contribution in [2.45, 2.75) is 65.5 Å². The van der Waals surface area contributed by atoms with Crippen LogP contribution in [0.2, 0.25) is 0 Å². The second-order valence-corrected chi connectivity index (χ2v) is 6.16. The van der Waals surface area contributed by atoms with Gasteiger partial charge in [-0.15, -0.1) is 12.4 Å². The quantitative estimate of drug-likeness (QED) is 0.803. The summed E-state index contributed by atoms with van der Waals surface area (Å²) in [4.78, 5) is 11.6. The number of amides is 1. The summed E-state index contributed by atoms with van der Waals surface area (Å²) >= 11 is 0. The second kappa shape index (κ2) is 6.60. The highest BCUT2D eigenvalue weighted by Crippen LogP contribution is 2.37. The SMILES string of the molecule is C[C@@H](N)C(=O)NC1CCCCC1C(C)(C)C.Cl. The van der Waals surface area contributed by atoms with Crippen molar-refractivity contribution >= 4 is 18.3 Å². The molecule has 2 unspecified atom stereocenters. The van der Waals surface area contributed by atoms with Gasteiger partial charge in [0.15, 0.2) is 0 Å². The van der Waals surface area contributed by atoms with Crippen molar-refractivity contribution in [1.29, 1.82) is 0 Å². The largest absolute Gasteiger partial charge is 0.352 e. The average molecular weight is 263 g/mol. The Hall–Kier alpha value is -0.280. The highest BCUT2D eigenvalue weighted by atomic mass is 35.5. The Balaban J connectivity index is 0.00000256. The molecule has 1 saturated carbocycles. The summed E-state index contributed by atoms with van der Waals surface area (Å²) in [5, 5.41) is 3.11. The van der Waals surface area contributed by atoms with E-state index in [1.54, 1.807) is 6.92 Å². The van der Waals surface area contributed by atoms with Crippen molar-refractivity contribution in [3.05, 3.63) is 0 Å². The summed E-state index contributed by atoms with van der Waals surface area (Å²) in [6.07, 6.45) is 4.82. The van der Waals surface area contributed by atoms with Crippen molar-refractivity contribution in [2.75, 3.05) is 0 Å². The van der Waals surface area contributed by atoms with Crippen LogP contribution in [0.25, 0.3) is 0 Å². The van der Waals surface area contributed by atoms with Gasteiger partial charge in [0.25, 0.3) is 0 Å². The highest BCUT2D eigenvalue weighted by molar-refractivity contribution is 5.85. The number of hydrogen-bond donors (Lipinski definition) is 2. The Morgan fingerprint density at radius 3 is 2.29 bits per heavy atom. The number of nitrogens with one attached hydrogen (secondary N) is 1. The van der Waals surface area contributed by atoms with Crippen LogP contribution in [0, 0.1) is 11.3 Å². The summed E-state index contributed by atoms with van der Waals surface area (Å²) in [6, 6.07) is -0.0882. The molecule has 1 amide bonds. The first kappa shape index (κ1) is 16.7. The molecule has 17 heavy (non-hydrogen) atoms. The van der Waals surface area contributed by atoms with Crippen LogP contribution in [0.5, 0.6) is 0 Å². The molecular weight excluding hydrogens is 236 g/mol. The first-order chi connectivity index (χ1) is 7.32. The van der Waals surface area contributed by atoms with Gasteiger partial charge in [0.1, 0.15) is 0 Å². The Morgan fingerprint density at radius 2 is 1.82 bits per heavy atom. The molecule has 0 spiro atoms. The maximum Gasteiger partial charge on any atom is 0.236 e. The van der Waals surface area contributed by atoms with Gasteiger partial charge in [-0.25, -0.2) is 0 Å². The minimum atomic E-state index is -0.400. The molecule has 102 valence electrons. The van der Waals surface area contributed by atoms with Crippen LogP contribution in [-0.2, 0) is 4.79 Å². The summed E-state index contributed by atoms with van der Waals surface area (Å²) < 4.78 is 0. The Bertz CT molecular complexity index is 248. The van der Waals surface area contributed by atoms with Crippen LogP contribution < -0.4 is 11.1 Å². The Labute approximate surface area is 111 Å². The monoisotopic (exact) mass is 262 g/mol. The highest BCUT2D eigenvalue weighted by Gasteiger charge is 2.35. The van der Waals surface area contributed by atoms with Crippen molar-refractivity contribution < 1.29 is 4.79 Å². The van der Waals surface area contributed by atoms with E-state index in [0.29, 0.717) is 12.0 Å². The Kier molecular flexibility index (Phi) is 6.49. The fourth-order valence-electron chi connectivity index (χ4n) is 2.65. The van der Waals surface area contributed by atoms with Crippen LogP contribution in [0.1, 0.15) is 53.4 Å². The molecule has 0 aliphatic heterocycles. The fraction of sp³-hybridized carbons (Fsp3) is 0.923. The molecule has 0 radical (unpaired) electrons. The second-order valence-electron chi connectivity index (χ2n) is 6.16. The smallest absolute Gasteiger partial charge is 0.236 e. The van der Waals surface area contributed by atoms with E-state index in [4.69, 9.17) is 5.73 Å². The lowest BCUT2D eigenvalue weighted by atomic mass is 9.69. The maximum atomic E-state index is 11.6. The molecule has 3 nitrogen and oxygen atoms in total.